The predicted octanol–water partition coefficient (Wildman–Crippen LogP) is 2.88. The first-order valence-corrected chi connectivity index (χ1v) is 6.24. The number of aromatic nitrogens is 1. The molecule has 0 unspecified atom stereocenters. The normalized spacial score (nSPS) is 12.2. The molecule has 1 aromatic heterocycles. The molecule has 0 aliphatic heterocycles. The van der Waals surface area contributed by atoms with Gasteiger partial charge in [0.1, 0.15) is 5.82 Å². The zero-order chi connectivity index (χ0) is 13.8. The van der Waals surface area contributed by atoms with Gasteiger partial charge >= 0.3 is 0 Å². The monoisotopic (exact) mass is 259 g/mol. The zero-order valence-electron chi connectivity index (χ0n) is 11.2. The van der Waals surface area contributed by atoms with Crippen LogP contribution in [-0.2, 0) is 6.54 Å². The molecule has 2 rings (SSSR count). The van der Waals surface area contributed by atoms with Crippen molar-refractivity contribution >= 4 is 5.69 Å². The molecule has 0 saturated heterocycles. The Morgan fingerprint density at radius 1 is 1.26 bits per heavy atom. The van der Waals surface area contributed by atoms with Crippen molar-refractivity contribution in [3.05, 3.63) is 59.7 Å². The van der Waals surface area contributed by atoms with Gasteiger partial charge in [0.15, 0.2) is 0 Å². The minimum atomic E-state index is -0.345. The summed E-state index contributed by atoms with van der Waals surface area (Å²) in [5, 5.41) is 0. The van der Waals surface area contributed by atoms with Crippen LogP contribution in [0.3, 0.4) is 0 Å². The van der Waals surface area contributed by atoms with Gasteiger partial charge in [-0.05, 0) is 31.2 Å². The fourth-order valence-electron chi connectivity index (χ4n) is 2.13. The van der Waals surface area contributed by atoms with Gasteiger partial charge in [-0.1, -0.05) is 12.1 Å². The first-order chi connectivity index (χ1) is 9.09. The van der Waals surface area contributed by atoms with Gasteiger partial charge in [0.05, 0.1) is 12.2 Å². The van der Waals surface area contributed by atoms with E-state index >= 15 is 0 Å². The molecule has 0 fully saturated rings. The van der Waals surface area contributed by atoms with Crippen LogP contribution in [0.4, 0.5) is 10.1 Å². The lowest BCUT2D eigenvalue weighted by Gasteiger charge is -2.24. The number of benzene rings is 1. The van der Waals surface area contributed by atoms with Crippen molar-refractivity contribution in [2.24, 2.45) is 5.73 Å². The molecule has 0 aliphatic rings. The van der Waals surface area contributed by atoms with Crippen molar-refractivity contribution in [3.8, 4) is 0 Å². The molecule has 2 N–H and O–H groups in total. The topological polar surface area (TPSA) is 42.1 Å². The molecule has 0 spiro atoms. The van der Waals surface area contributed by atoms with Gasteiger partial charge in [0, 0.05) is 30.5 Å². The third-order valence-electron chi connectivity index (χ3n) is 3.02. The van der Waals surface area contributed by atoms with Crippen LogP contribution in [0.5, 0.6) is 0 Å². The van der Waals surface area contributed by atoms with E-state index in [0.717, 1.165) is 11.4 Å². The Hall–Kier alpha value is -1.94. The number of hydrogen-bond acceptors (Lipinski definition) is 3. The number of nitrogens with two attached hydrogens (primary N) is 1. The Morgan fingerprint density at radius 2 is 2.05 bits per heavy atom. The van der Waals surface area contributed by atoms with Crippen molar-refractivity contribution in [1.29, 1.82) is 0 Å². The van der Waals surface area contributed by atoms with Gasteiger partial charge in [-0.2, -0.15) is 0 Å². The van der Waals surface area contributed by atoms with Crippen LogP contribution in [0, 0.1) is 5.82 Å². The smallest absolute Gasteiger partial charge is 0.130 e. The SMILES string of the molecule is C[C@@H](N)c1c(F)cccc1N(C)Cc1ccccn1. The molecular weight excluding hydrogens is 241 g/mol. The second-order valence-electron chi connectivity index (χ2n) is 4.64. The van der Waals surface area contributed by atoms with E-state index in [1.165, 1.54) is 6.07 Å². The molecule has 100 valence electrons. The van der Waals surface area contributed by atoms with Crippen molar-refractivity contribution < 1.29 is 4.39 Å². The third kappa shape index (κ3) is 3.09. The maximum atomic E-state index is 13.9. The van der Waals surface area contributed by atoms with Gasteiger partial charge in [0.25, 0.3) is 0 Å². The molecule has 0 aliphatic carbocycles. The molecule has 19 heavy (non-hydrogen) atoms. The van der Waals surface area contributed by atoms with E-state index in [4.69, 9.17) is 5.73 Å². The number of anilines is 1. The lowest BCUT2D eigenvalue weighted by molar-refractivity contribution is 0.592. The molecule has 3 nitrogen and oxygen atoms in total. The molecule has 0 radical (unpaired) electrons. The van der Waals surface area contributed by atoms with Crippen molar-refractivity contribution in [2.45, 2.75) is 19.5 Å². The molecule has 0 bridgehead atoms. The Labute approximate surface area is 112 Å². The summed E-state index contributed by atoms with van der Waals surface area (Å²) in [5.41, 5.74) is 8.15. The van der Waals surface area contributed by atoms with Crippen molar-refractivity contribution in [1.82, 2.24) is 4.98 Å². The number of rotatable bonds is 4. The molecule has 2 aromatic rings. The molecule has 1 atom stereocenters. The van der Waals surface area contributed by atoms with Crippen LogP contribution in [0.2, 0.25) is 0 Å². The number of nitrogens with zero attached hydrogens (tertiary/aromatic N) is 2. The fraction of sp³-hybridized carbons (Fsp3) is 0.267. The van der Waals surface area contributed by atoms with Crippen molar-refractivity contribution in [3.63, 3.8) is 0 Å². The molecule has 1 aromatic carbocycles. The second kappa shape index (κ2) is 5.80. The Bertz CT molecular complexity index is 540. The van der Waals surface area contributed by atoms with Crippen LogP contribution in [0.1, 0.15) is 24.2 Å². The summed E-state index contributed by atoms with van der Waals surface area (Å²) in [6.45, 7) is 2.40. The predicted molar refractivity (Wildman–Crippen MR) is 75.3 cm³/mol. The fourth-order valence-corrected chi connectivity index (χ4v) is 2.13. The summed E-state index contributed by atoms with van der Waals surface area (Å²) in [4.78, 5) is 6.24. The van der Waals surface area contributed by atoms with Gasteiger partial charge in [-0.25, -0.2) is 4.39 Å². The highest BCUT2D eigenvalue weighted by atomic mass is 19.1. The van der Waals surface area contributed by atoms with Crippen molar-refractivity contribution in [2.75, 3.05) is 11.9 Å². The van der Waals surface area contributed by atoms with E-state index in [0.29, 0.717) is 12.1 Å². The summed E-state index contributed by atoms with van der Waals surface area (Å²) in [7, 11) is 1.91. The average Bonchev–Trinajstić information content (AvgIpc) is 2.39. The standard InChI is InChI=1S/C15H18FN3/c1-11(17)15-13(16)7-5-8-14(15)19(2)10-12-6-3-4-9-18-12/h3-9,11H,10,17H2,1-2H3/t11-/m1/s1. The molecule has 0 amide bonds. The third-order valence-corrected chi connectivity index (χ3v) is 3.02. The summed E-state index contributed by atoms with van der Waals surface area (Å²) in [5.74, 6) is -0.264. The molecular formula is C15H18FN3. The van der Waals surface area contributed by atoms with Crippen LogP contribution in [0.15, 0.2) is 42.6 Å². The highest BCUT2D eigenvalue weighted by Gasteiger charge is 2.15. The Morgan fingerprint density at radius 3 is 2.68 bits per heavy atom. The van der Waals surface area contributed by atoms with Gasteiger partial charge in [-0.3, -0.25) is 4.98 Å². The number of hydrogen-bond donors (Lipinski definition) is 1. The van der Waals surface area contributed by atoms with E-state index in [9.17, 15) is 4.39 Å². The van der Waals surface area contributed by atoms with Gasteiger partial charge < -0.3 is 10.6 Å². The molecule has 0 saturated carbocycles. The average molecular weight is 259 g/mol. The molecule has 4 heteroatoms. The quantitative estimate of drug-likeness (QED) is 0.918. The second-order valence-corrected chi connectivity index (χ2v) is 4.64. The highest BCUT2D eigenvalue weighted by Crippen LogP contribution is 2.27. The number of pyridine rings is 1. The van der Waals surface area contributed by atoms with Gasteiger partial charge in [-0.15, -0.1) is 0 Å². The first-order valence-electron chi connectivity index (χ1n) is 6.24. The maximum absolute atomic E-state index is 13.9. The summed E-state index contributed by atoms with van der Waals surface area (Å²) >= 11 is 0. The Balaban J connectivity index is 2.29. The van der Waals surface area contributed by atoms with E-state index in [1.54, 1.807) is 19.2 Å². The summed E-state index contributed by atoms with van der Waals surface area (Å²) in [6.07, 6.45) is 1.75. The van der Waals surface area contributed by atoms with E-state index in [1.807, 2.05) is 36.2 Å². The lowest BCUT2D eigenvalue weighted by atomic mass is 10.1. The minimum absolute atomic E-state index is 0.264. The van der Waals surface area contributed by atoms with E-state index in [2.05, 4.69) is 4.98 Å². The highest BCUT2D eigenvalue weighted by molar-refractivity contribution is 5.55. The lowest BCUT2D eigenvalue weighted by Crippen LogP contribution is -2.21. The molecule has 1 heterocycles. The number of halogens is 1. The van der Waals surface area contributed by atoms with Gasteiger partial charge in [0.2, 0.25) is 0 Å². The summed E-state index contributed by atoms with van der Waals surface area (Å²) < 4.78 is 13.9. The zero-order valence-corrected chi connectivity index (χ0v) is 11.2. The van der Waals surface area contributed by atoms with E-state index < -0.39 is 0 Å². The van der Waals surface area contributed by atoms with E-state index in [-0.39, 0.29) is 11.9 Å². The van der Waals surface area contributed by atoms with Crippen LogP contribution >= 0.6 is 0 Å². The minimum Gasteiger partial charge on any atom is -0.368 e. The Kier molecular flexibility index (Phi) is 4.12. The van der Waals surface area contributed by atoms with Crippen LogP contribution in [0.25, 0.3) is 0 Å². The first kappa shape index (κ1) is 13.5. The maximum Gasteiger partial charge on any atom is 0.130 e. The van der Waals surface area contributed by atoms with Crippen LogP contribution < -0.4 is 10.6 Å². The largest absolute Gasteiger partial charge is 0.368 e. The summed E-state index contributed by atoms with van der Waals surface area (Å²) in [6, 6.07) is 10.4. The van der Waals surface area contributed by atoms with Crippen LogP contribution in [-0.4, -0.2) is 12.0 Å².